The second-order valence-electron chi connectivity index (χ2n) is 8.57. The molecular weight excluding hydrogens is 350 g/mol. The van der Waals surface area contributed by atoms with Gasteiger partial charge >= 0.3 is 0 Å². The molecule has 1 aliphatic carbocycles. The van der Waals surface area contributed by atoms with Crippen LogP contribution in [0.25, 0.3) is 0 Å². The Morgan fingerprint density at radius 1 is 0.964 bits per heavy atom. The molecular formula is C24H31NO3. The summed E-state index contributed by atoms with van der Waals surface area (Å²) < 4.78 is 11.7. The number of ether oxygens (including phenoxy) is 2. The second kappa shape index (κ2) is 8.68. The van der Waals surface area contributed by atoms with Gasteiger partial charge in [-0.3, -0.25) is 4.79 Å². The molecule has 2 aromatic rings. The first-order chi connectivity index (χ1) is 13.3. The Balaban J connectivity index is 1.52. The maximum absolute atomic E-state index is 12.4. The highest BCUT2D eigenvalue weighted by atomic mass is 16.5. The summed E-state index contributed by atoms with van der Waals surface area (Å²) >= 11 is 0. The average molecular weight is 382 g/mol. The topological polar surface area (TPSA) is 47.6 Å². The molecule has 4 heteroatoms. The molecule has 1 saturated carbocycles. The van der Waals surface area contributed by atoms with Gasteiger partial charge in [0.05, 0.1) is 6.10 Å². The SMILES string of the molecule is C[C@@H](Oc1ccc(C(C)(C)C)cc1)C(=O)Nc1ccc(OC2CCCC2)cc1. The zero-order valence-electron chi connectivity index (χ0n) is 17.3. The summed E-state index contributed by atoms with van der Waals surface area (Å²) in [7, 11) is 0. The van der Waals surface area contributed by atoms with Crippen molar-refractivity contribution in [2.45, 2.75) is 71.0 Å². The molecule has 28 heavy (non-hydrogen) atoms. The predicted molar refractivity (Wildman–Crippen MR) is 113 cm³/mol. The first kappa shape index (κ1) is 20.2. The van der Waals surface area contributed by atoms with Crippen molar-refractivity contribution in [3.8, 4) is 11.5 Å². The molecule has 0 unspecified atom stereocenters. The van der Waals surface area contributed by atoms with E-state index in [0.717, 1.165) is 24.3 Å². The van der Waals surface area contributed by atoms with Crippen molar-refractivity contribution in [3.63, 3.8) is 0 Å². The van der Waals surface area contributed by atoms with Gasteiger partial charge < -0.3 is 14.8 Å². The first-order valence-corrected chi connectivity index (χ1v) is 10.2. The van der Waals surface area contributed by atoms with E-state index < -0.39 is 6.10 Å². The molecule has 0 saturated heterocycles. The van der Waals surface area contributed by atoms with E-state index in [0.29, 0.717) is 11.9 Å². The van der Waals surface area contributed by atoms with Crippen LogP contribution in [0.4, 0.5) is 5.69 Å². The summed E-state index contributed by atoms with van der Waals surface area (Å²) in [6, 6.07) is 15.5. The summed E-state index contributed by atoms with van der Waals surface area (Å²) in [5.74, 6) is 1.37. The van der Waals surface area contributed by atoms with Crippen LogP contribution in [-0.2, 0) is 10.2 Å². The molecule has 0 aromatic heterocycles. The van der Waals surface area contributed by atoms with Crippen LogP contribution in [-0.4, -0.2) is 18.1 Å². The van der Waals surface area contributed by atoms with E-state index in [-0.39, 0.29) is 11.3 Å². The molecule has 0 aliphatic heterocycles. The fraction of sp³-hybridized carbons (Fsp3) is 0.458. The number of carbonyl (C=O) groups excluding carboxylic acids is 1. The normalized spacial score (nSPS) is 15.9. The Morgan fingerprint density at radius 2 is 1.54 bits per heavy atom. The number of carbonyl (C=O) groups is 1. The van der Waals surface area contributed by atoms with Gasteiger partial charge in [-0.1, -0.05) is 32.9 Å². The summed E-state index contributed by atoms with van der Waals surface area (Å²) in [5, 5.41) is 2.90. The molecule has 4 nitrogen and oxygen atoms in total. The Morgan fingerprint density at radius 3 is 2.11 bits per heavy atom. The number of amides is 1. The molecule has 0 heterocycles. The van der Waals surface area contributed by atoms with E-state index >= 15 is 0 Å². The van der Waals surface area contributed by atoms with Crippen LogP contribution in [0.2, 0.25) is 0 Å². The van der Waals surface area contributed by atoms with Crippen LogP contribution in [0.1, 0.15) is 58.9 Å². The molecule has 1 atom stereocenters. The minimum absolute atomic E-state index is 0.0924. The minimum Gasteiger partial charge on any atom is -0.490 e. The lowest BCUT2D eigenvalue weighted by Crippen LogP contribution is -2.30. The van der Waals surface area contributed by atoms with Gasteiger partial charge in [-0.15, -0.1) is 0 Å². The van der Waals surface area contributed by atoms with Gasteiger partial charge in [0.2, 0.25) is 0 Å². The smallest absolute Gasteiger partial charge is 0.265 e. The molecule has 1 N–H and O–H groups in total. The van der Waals surface area contributed by atoms with Crippen LogP contribution in [0.3, 0.4) is 0 Å². The number of hydrogen-bond acceptors (Lipinski definition) is 3. The lowest BCUT2D eigenvalue weighted by Gasteiger charge is -2.20. The summed E-state index contributed by atoms with van der Waals surface area (Å²) in [5.41, 5.74) is 2.06. The van der Waals surface area contributed by atoms with Gasteiger partial charge in [0.25, 0.3) is 5.91 Å². The third kappa shape index (κ3) is 5.51. The zero-order chi connectivity index (χ0) is 20.1. The van der Waals surface area contributed by atoms with Crippen molar-refractivity contribution in [2.75, 3.05) is 5.32 Å². The van der Waals surface area contributed by atoms with Crippen LogP contribution in [0, 0.1) is 0 Å². The Kier molecular flexibility index (Phi) is 6.28. The first-order valence-electron chi connectivity index (χ1n) is 10.2. The van der Waals surface area contributed by atoms with Crippen molar-refractivity contribution < 1.29 is 14.3 Å². The number of anilines is 1. The quantitative estimate of drug-likeness (QED) is 0.697. The van der Waals surface area contributed by atoms with Gasteiger partial charge in [0, 0.05) is 5.69 Å². The molecule has 3 rings (SSSR count). The van der Waals surface area contributed by atoms with Crippen molar-refractivity contribution in [1.82, 2.24) is 0 Å². The van der Waals surface area contributed by atoms with Gasteiger partial charge in [0.1, 0.15) is 11.5 Å². The maximum atomic E-state index is 12.4. The molecule has 1 amide bonds. The molecule has 0 bridgehead atoms. The molecule has 1 fully saturated rings. The third-order valence-corrected chi connectivity index (χ3v) is 5.13. The summed E-state index contributed by atoms with van der Waals surface area (Å²) in [6.07, 6.45) is 4.49. The van der Waals surface area contributed by atoms with Crippen LogP contribution in [0.15, 0.2) is 48.5 Å². The maximum Gasteiger partial charge on any atom is 0.265 e. The fourth-order valence-corrected chi connectivity index (χ4v) is 3.35. The summed E-state index contributed by atoms with van der Waals surface area (Å²) in [6.45, 7) is 8.26. The second-order valence-corrected chi connectivity index (χ2v) is 8.57. The van der Waals surface area contributed by atoms with Crippen molar-refractivity contribution in [1.29, 1.82) is 0 Å². The van der Waals surface area contributed by atoms with Crippen molar-refractivity contribution >= 4 is 11.6 Å². The van der Waals surface area contributed by atoms with Gasteiger partial charge in [-0.2, -0.15) is 0 Å². The highest BCUT2D eigenvalue weighted by molar-refractivity contribution is 5.94. The number of nitrogens with one attached hydrogen (secondary N) is 1. The average Bonchev–Trinajstić information content (AvgIpc) is 3.16. The lowest BCUT2D eigenvalue weighted by atomic mass is 9.87. The van der Waals surface area contributed by atoms with Crippen molar-refractivity contribution in [2.24, 2.45) is 0 Å². The van der Waals surface area contributed by atoms with Gasteiger partial charge in [-0.25, -0.2) is 0 Å². The zero-order valence-corrected chi connectivity index (χ0v) is 17.3. The van der Waals surface area contributed by atoms with Gasteiger partial charge in [0.15, 0.2) is 6.10 Å². The number of rotatable bonds is 6. The van der Waals surface area contributed by atoms with Crippen LogP contribution < -0.4 is 14.8 Å². The van der Waals surface area contributed by atoms with E-state index in [1.165, 1.54) is 18.4 Å². The number of benzene rings is 2. The van der Waals surface area contributed by atoms with Crippen molar-refractivity contribution in [3.05, 3.63) is 54.1 Å². The standard InChI is InChI=1S/C24H31NO3/c1-17(27-21-13-9-18(10-14-21)24(2,3)4)23(26)25-19-11-15-22(16-12-19)28-20-7-5-6-8-20/h9-17,20H,5-8H2,1-4H3,(H,25,26)/t17-/m1/s1. The van der Waals surface area contributed by atoms with Crippen LogP contribution >= 0.6 is 0 Å². The number of hydrogen-bond donors (Lipinski definition) is 1. The Labute approximate surface area is 168 Å². The van der Waals surface area contributed by atoms with E-state index in [1.54, 1.807) is 6.92 Å². The monoisotopic (exact) mass is 381 g/mol. The highest BCUT2D eigenvalue weighted by Crippen LogP contribution is 2.26. The van der Waals surface area contributed by atoms with E-state index in [1.807, 2.05) is 48.5 Å². The molecule has 0 radical (unpaired) electrons. The molecule has 0 spiro atoms. The van der Waals surface area contributed by atoms with E-state index in [2.05, 4.69) is 26.1 Å². The largest absolute Gasteiger partial charge is 0.490 e. The highest BCUT2D eigenvalue weighted by Gasteiger charge is 2.18. The lowest BCUT2D eigenvalue weighted by molar-refractivity contribution is -0.122. The minimum atomic E-state index is -0.588. The van der Waals surface area contributed by atoms with Crippen LogP contribution in [0.5, 0.6) is 11.5 Å². The molecule has 150 valence electrons. The summed E-state index contributed by atoms with van der Waals surface area (Å²) in [4.78, 5) is 12.4. The molecule has 1 aliphatic rings. The van der Waals surface area contributed by atoms with Gasteiger partial charge in [-0.05, 0) is 80.0 Å². The molecule has 2 aromatic carbocycles. The van der Waals surface area contributed by atoms with E-state index in [4.69, 9.17) is 9.47 Å². The fourth-order valence-electron chi connectivity index (χ4n) is 3.35. The third-order valence-electron chi connectivity index (χ3n) is 5.13. The van der Waals surface area contributed by atoms with E-state index in [9.17, 15) is 4.79 Å². The predicted octanol–water partition coefficient (Wildman–Crippen LogP) is 5.71. The Bertz CT molecular complexity index is 769. The Hall–Kier alpha value is -2.49.